The van der Waals surface area contributed by atoms with Crippen molar-refractivity contribution in [3.63, 3.8) is 0 Å². The summed E-state index contributed by atoms with van der Waals surface area (Å²) in [5.74, 6) is 0.0649. The van der Waals surface area contributed by atoms with Crippen LogP contribution < -0.4 is 10.5 Å². The summed E-state index contributed by atoms with van der Waals surface area (Å²) in [4.78, 5) is 0.0321. The van der Waals surface area contributed by atoms with Gasteiger partial charge >= 0.3 is 0 Å². The van der Waals surface area contributed by atoms with E-state index in [0.717, 1.165) is 11.1 Å². The van der Waals surface area contributed by atoms with E-state index in [4.69, 9.17) is 10.3 Å². The van der Waals surface area contributed by atoms with E-state index in [1.165, 1.54) is 12.1 Å². The highest BCUT2D eigenvalue weighted by Gasteiger charge is 2.20. The van der Waals surface area contributed by atoms with Gasteiger partial charge < -0.3 is 10.3 Å². The normalized spacial score (nSPS) is 11.5. The molecule has 102 valence electrons. The third kappa shape index (κ3) is 2.70. The lowest BCUT2D eigenvalue weighted by molar-refractivity contribution is 0.430. The fourth-order valence-electron chi connectivity index (χ4n) is 1.64. The van der Waals surface area contributed by atoms with Crippen molar-refractivity contribution in [3.05, 3.63) is 35.0 Å². The highest BCUT2D eigenvalue weighted by atomic mass is 32.2. The van der Waals surface area contributed by atoms with E-state index in [0.29, 0.717) is 5.69 Å². The maximum Gasteiger partial charge on any atom is 0.266 e. The smallest absolute Gasteiger partial charge is 0.266 e. The van der Waals surface area contributed by atoms with Crippen molar-refractivity contribution in [2.24, 2.45) is 0 Å². The summed E-state index contributed by atoms with van der Waals surface area (Å²) in [6.07, 6.45) is 0. The molecule has 1 aromatic carbocycles. The van der Waals surface area contributed by atoms with Crippen molar-refractivity contribution < 1.29 is 12.9 Å². The molecule has 2 aromatic rings. The first-order chi connectivity index (χ1) is 8.79. The number of hydrogen-bond acceptors (Lipinski definition) is 5. The van der Waals surface area contributed by atoms with Gasteiger partial charge in [0, 0.05) is 6.07 Å². The highest BCUT2D eigenvalue weighted by Crippen LogP contribution is 2.25. The fraction of sp³-hybridized carbons (Fsp3) is 0.250. The molecule has 0 spiro atoms. The molecule has 0 amide bonds. The Hall–Kier alpha value is -2.02. The number of sulfonamides is 1. The van der Waals surface area contributed by atoms with Crippen LogP contribution in [0.2, 0.25) is 0 Å². The molecule has 1 heterocycles. The Kier molecular flexibility index (Phi) is 3.23. The Bertz CT molecular complexity index is 720. The monoisotopic (exact) mass is 281 g/mol. The molecular formula is C12H15N3O3S. The molecule has 0 saturated carbocycles. The second-order valence-corrected chi connectivity index (χ2v) is 6.06. The molecule has 3 N–H and O–H groups in total. The van der Waals surface area contributed by atoms with Crippen molar-refractivity contribution in [1.82, 2.24) is 5.16 Å². The van der Waals surface area contributed by atoms with Crippen molar-refractivity contribution in [2.45, 2.75) is 25.7 Å². The van der Waals surface area contributed by atoms with E-state index in [1.54, 1.807) is 13.0 Å². The Morgan fingerprint density at radius 3 is 2.37 bits per heavy atom. The van der Waals surface area contributed by atoms with Gasteiger partial charge in [-0.1, -0.05) is 5.16 Å². The number of aromatic nitrogens is 1. The maximum atomic E-state index is 12.2. The molecule has 6 nitrogen and oxygen atoms in total. The molecule has 0 unspecified atom stereocenters. The average Bonchev–Trinajstić information content (AvgIpc) is 2.68. The van der Waals surface area contributed by atoms with E-state index >= 15 is 0 Å². The molecule has 1 aromatic heterocycles. The van der Waals surface area contributed by atoms with Gasteiger partial charge in [-0.05, 0) is 44.0 Å². The van der Waals surface area contributed by atoms with Crippen molar-refractivity contribution in [2.75, 3.05) is 10.5 Å². The van der Waals surface area contributed by atoms with Crippen LogP contribution >= 0.6 is 0 Å². The number of hydrogen-bond donors (Lipinski definition) is 2. The summed E-state index contributed by atoms with van der Waals surface area (Å²) in [6.45, 7) is 5.40. The number of nitrogens with zero attached hydrogens (tertiary/aromatic N) is 1. The molecule has 0 saturated heterocycles. The Morgan fingerprint density at radius 2 is 1.79 bits per heavy atom. The van der Waals surface area contributed by atoms with Crippen LogP contribution in [0.4, 0.5) is 11.6 Å². The third-order valence-electron chi connectivity index (χ3n) is 2.78. The zero-order chi connectivity index (χ0) is 14.2. The van der Waals surface area contributed by atoms with Gasteiger partial charge in [0.25, 0.3) is 10.0 Å². The minimum atomic E-state index is -3.78. The average molecular weight is 281 g/mol. The first kappa shape index (κ1) is 13.4. The summed E-state index contributed by atoms with van der Waals surface area (Å²) >= 11 is 0. The van der Waals surface area contributed by atoms with Crippen LogP contribution in [0.3, 0.4) is 0 Å². The summed E-state index contributed by atoms with van der Waals surface area (Å²) in [5.41, 5.74) is 8.35. The zero-order valence-corrected chi connectivity index (χ0v) is 11.7. The van der Waals surface area contributed by atoms with E-state index in [2.05, 4.69) is 9.88 Å². The number of anilines is 2. The molecule has 0 atom stereocenters. The third-order valence-corrected chi connectivity index (χ3v) is 4.18. The fourth-order valence-corrected chi connectivity index (χ4v) is 2.82. The van der Waals surface area contributed by atoms with Crippen molar-refractivity contribution in [3.8, 4) is 0 Å². The molecule has 7 heteroatoms. The van der Waals surface area contributed by atoms with Crippen molar-refractivity contribution >= 4 is 21.6 Å². The lowest BCUT2D eigenvalue weighted by Crippen LogP contribution is -2.15. The number of aryl methyl sites for hydroxylation is 3. The number of nitrogen functional groups attached to an aromatic ring is 1. The Balaban J connectivity index is 2.42. The van der Waals surface area contributed by atoms with Gasteiger partial charge in [-0.2, -0.15) is 0 Å². The van der Waals surface area contributed by atoms with Gasteiger partial charge in [-0.25, -0.2) is 13.1 Å². The van der Waals surface area contributed by atoms with Crippen molar-refractivity contribution in [1.29, 1.82) is 0 Å². The standard InChI is InChI=1S/C12H15N3O3S/c1-7-4-10(13)11(5-8(7)2)19(16,17)15-12-6-9(3)14-18-12/h4-6,15H,13H2,1-3H3. The quantitative estimate of drug-likeness (QED) is 0.838. The topological polar surface area (TPSA) is 98.2 Å². The second-order valence-electron chi connectivity index (χ2n) is 4.41. The largest absolute Gasteiger partial charge is 0.398 e. The lowest BCUT2D eigenvalue weighted by atomic mass is 10.1. The van der Waals surface area contributed by atoms with Crippen LogP contribution in [0.15, 0.2) is 27.6 Å². The number of nitrogens with one attached hydrogen (secondary N) is 1. The second kappa shape index (κ2) is 4.58. The number of nitrogens with two attached hydrogens (primary N) is 1. The first-order valence-corrected chi connectivity index (χ1v) is 7.11. The van der Waals surface area contributed by atoms with Crippen LogP contribution in [0.25, 0.3) is 0 Å². The Morgan fingerprint density at radius 1 is 1.16 bits per heavy atom. The minimum absolute atomic E-state index is 0.0321. The van der Waals surface area contributed by atoms with Crippen LogP contribution in [-0.4, -0.2) is 13.6 Å². The first-order valence-electron chi connectivity index (χ1n) is 5.62. The molecule has 2 rings (SSSR count). The van der Waals surface area contributed by atoms with Gasteiger partial charge in [-0.3, -0.25) is 0 Å². The zero-order valence-electron chi connectivity index (χ0n) is 10.9. The predicted molar refractivity (Wildman–Crippen MR) is 72.4 cm³/mol. The lowest BCUT2D eigenvalue weighted by Gasteiger charge is -2.10. The molecule has 0 radical (unpaired) electrons. The molecule has 0 aliphatic carbocycles. The Labute approximate surface area is 111 Å². The van der Waals surface area contributed by atoms with E-state index in [9.17, 15) is 8.42 Å². The summed E-state index contributed by atoms with van der Waals surface area (Å²) < 4.78 is 31.6. The van der Waals surface area contributed by atoms with Gasteiger partial charge in [0.05, 0.1) is 11.4 Å². The molecule has 0 aliphatic rings. The molecule has 19 heavy (non-hydrogen) atoms. The number of benzene rings is 1. The van der Waals surface area contributed by atoms with Crippen LogP contribution in [-0.2, 0) is 10.0 Å². The molecule has 0 aliphatic heterocycles. The van der Waals surface area contributed by atoms with E-state index in [1.807, 2.05) is 13.8 Å². The van der Waals surface area contributed by atoms with Gasteiger partial charge in [0.15, 0.2) is 0 Å². The molecule has 0 bridgehead atoms. The summed E-state index contributed by atoms with van der Waals surface area (Å²) in [6, 6.07) is 4.67. The van der Waals surface area contributed by atoms with Gasteiger partial charge in [-0.15, -0.1) is 0 Å². The molecule has 0 fully saturated rings. The van der Waals surface area contributed by atoms with Crippen LogP contribution in [0, 0.1) is 20.8 Å². The highest BCUT2D eigenvalue weighted by molar-refractivity contribution is 7.92. The van der Waals surface area contributed by atoms with Gasteiger partial charge in [0.1, 0.15) is 4.90 Å². The number of rotatable bonds is 3. The SMILES string of the molecule is Cc1cc(NS(=O)(=O)c2cc(C)c(C)cc2N)on1. The van der Waals surface area contributed by atoms with Crippen LogP contribution in [0.5, 0.6) is 0 Å². The minimum Gasteiger partial charge on any atom is -0.398 e. The maximum absolute atomic E-state index is 12.2. The van der Waals surface area contributed by atoms with E-state index < -0.39 is 10.0 Å². The van der Waals surface area contributed by atoms with Gasteiger partial charge in [0.2, 0.25) is 5.88 Å². The predicted octanol–water partition coefficient (Wildman–Crippen LogP) is 1.98. The summed E-state index contributed by atoms with van der Waals surface area (Å²) in [5, 5.41) is 3.62. The molecular weight excluding hydrogens is 266 g/mol. The van der Waals surface area contributed by atoms with E-state index in [-0.39, 0.29) is 16.5 Å². The van der Waals surface area contributed by atoms with Crippen LogP contribution in [0.1, 0.15) is 16.8 Å². The summed E-state index contributed by atoms with van der Waals surface area (Å²) in [7, 11) is -3.78.